The van der Waals surface area contributed by atoms with Crippen LogP contribution in [0, 0.1) is 11.7 Å². The molecular weight excluding hydrogens is 253 g/mol. The number of hydrogen-bond donors (Lipinski definition) is 1. The third kappa shape index (κ3) is 5.22. The zero-order chi connectivity index (χ0) is 14.2. The summed E-state index contributed by atoms with van der Waals surface area (Å²) in [4.78, 5) is 0. The van der Waals surface area contributed by atoms with E-state index in [1.807, 2.05) is 12.1 Å². The monoisotopic (exact) mass is 279 g/mol. The van der Waals surface area contributed by atoms with Crippen LogP contribution in [0.1, 0.15) is 38.2 Å². The minimum Gasteiger partial charge on any atom is -0.378 e. The average molecular weight is 279 g/mol. The van der Waals surface area contributed by atoms with Gasteiger partial charge >= 0.3 is 0 Å². The molecule has 2 rings (SSSR count). The molecule has 2 unspecified atom stereocenters. The van der Waals surface area contributed by atoms with E-state index in [4.69, 9.17) is 4.74 Å². The van der Waals surface area contributed by atoms with E-state index in [-0.39, 0.29) is 5.82 Å². The lowest BCUT2D eigenvalue weighted by atomic mass is 9.93. The number of ether oxygens (including phenoxy) is 1. The van der Waals surface area contributed by atoms with Gasteiger partial charge in [0.1, 0.15) is 5.82 Å². The van der Waals surface area contributed by atoms with Gasteiger partial charge in [-0.3, -0.25) is 0 Å². The minimum atomic E-state index is -0.156. The normalized spacial score (nSPS) is 20.2. The first kappa shape index (κ1) is 15.5. The predicted octanol–water partition coefficient (Wildman–Crippen LogP) is 3.55. The van der Waals surface area contributed by atoms with Gasteiger partial charge in [-0.1, -0.05) is 19.1 Å². The van der Waals surface area contributed by atoms with Crippen molar-refractivity contribution in [2.45, 2.75) is 45.1 Å². The summed E-state index contributed by atoms with van der Waals surface area (Å²) in [6, 6.07) is 6.92. The summed E-state index contributed by atoms with van der Waals surface area (Å²) in [6.07, 6.45) is 6.23. The van der Waals surface area contributed by atoms with Crippen LogP contribution in [0.5, 0.6) is 0 Å². The summed E-state index contributed by atoms with van der Waals surface area (Å²) in [5, 5.41) is 3.44. The zero-order valence-corrected chi connectivity index (χ0v) is 12.4. The van der Waals surface area contributed by atoms with Crippen molar-refractivity contribution in [1.82, 2.24) is 5.32 Å². The standard InChI is InChI=1S/C17H26FNO/c1-2-19-13-15(7-10-17-4-3-11-20-17)12-14-5-8-16(18)9-6-14/h5-6,8-9,15,17,19H,2-4,7,10-13H2,1H3. The molecule has 0 aromatic heterocycles. The molecule has 0 aliphatic carbocycles. The van der Waals surface area contributed by atoms with Crippen molar-refractivity contribution in [1.29, 1.82) is 0 Å². The van der Waals surface area contributed by atoms with Crippen molar-refractivity contribution in [2.75, 3.05) is 19.7 Å². The fourth-order valence-electron chi connectivity index (χ4n) is 2.87. The van der Waals surface area contributed by atoms with E-state index < -0.39 is 0 Å². The summed E-state index contributed by atoms with van der Waals surface area (Å²) < 4.78 is 18.7. The first-order chi connectivity index (χ1) is 9.78. The van der Waals surface area contributed by atoms with Crippen LogP contribution in [-0.2, 0) is 11.2 Å². The Bertz CT molecular complexity index is 373. The smallest absolute Gasteiger partial charge is 0.123 e. The molecule has 1 saturated heterocycles. The molecule has 1 aliphatic rings. The molecule has 1 aromatic rings. The van der Waals surface area contributed by atoms with E-state index in [1.165, 1.54) is 24.8 Å². The second-order valence-electron chi connectivity index (χ2n) is 5.72. The summed E-state index contributed by atoms with van der Waals surface area (Å²) >= 11 is 0. The van der Waals surface area contributed by atoms with Gasteiger partial charge in [0.2, 0.25) is 0 Å². The van der Waals surface area contributed by atoms with E-state index in [1.54, 1.807) is 12.1 Å². The molecular formula is C17H26FNO. The van der Waals surface area contributed by atoms with Gasteiger partial charge in [-0.15, -0.1) is 0 Å². The number of nitrogens with one attached hydrogen (secondary N) is 1. The zero-order valence-electron chi connectivity index (χ0n) is 12.4. The summed E-state index contributed by atoms with van der Waals surface area (Å²) in [5.74, 6) is 0.445. The van der Waals surface area contributed by atoms with Crippen LogP contribution in [0.15, 0.2) is 24.3 Å². The van der Waals surface area contributed by atoms with Gasteiger partial charge in [0.15, 0.2) is 0 Å². The molecule has 1 N–H and O–H groups in total. The van der Waals surface area contributed by atoms with Crippen LogP contribution in [0.3, 0.4) is 0 Å². The third-order valence-electron chi connectivity index (χ3n) is 4.04. The van der Waals surface area contributed by atoms with Crippen molar-refractivity contribution in [3.05, 3.63) is 35.6 Å². The van der Waals surface area contributed by atoms with Crippen LogP contribution in [0.25, 0.3) is 0 Å². The number of benzene rings is 1. The number of hydrogen-bond acceptors (Lipinski definition) is 2. The molecule has 1 aliphatic heterocycles. The van der Waals surface area contributed by atoms with Gasteiger partial charge in [0.25, 0.3) is 0 Å². The van der Waals surface area contributed by atoms with Crippen molar-refractivity contribution in [3.8, 4) is 0 Å². The lowest BCUT2D eigenvalue weighted by Crippen LogP contribution is -2.25. The minimum absolute atomic E-state index is 0.156. The van der Waals surface area contributed by atoms with Crippen molar-refractivity contribution in [3.63, 3.8) is 0 Å². The molecule has 0 bridgehead atoms. The molecule has 0 amide bonds. The Kier molecular flexibility index (Phi) is 6.48. The molecule has 1 aromatic carbocycles. The van der Waals surface area contributed by atoms with Crippen LogP contribution < -0.4 is 5.32 Å². The lowest BCUT2D eigenvalue weighted by Gasteiger charge is -2.19. The first-order valence-corrected chi connectivity index (χ1v) is 7.84. The Morgan fingerprint density at radius 1 is 1.35 bits per heavy atom. The van der Waals surface area contributed by atoms with E-state index in [0.29, 0.717) is 12.0 Å². The van der Waals surface area contributed by atoms with Crippen molar-refractivity contribution in [2.24, 2.45) is 5.92 Å². The van der Waals surface area contributed by atoms with Gasteiger partial charge in [-0.25, -0.2) is 4.39 Å². The Morgan fingerprint density at radius 3 is 2.80 bits per heavy atom. The second-order valence-corrected chi connectivity index (χ2v) is 5.72. The van der Waals surface area contributed by atoms with E-state index >= 15 is 0 Å². The second kappa shape index (κ2) is 8.38. The SMILES string of the molecule is CCNCC(CCC1CCCO1)Cc1ccc(F)cc1. The Morgan fingerprint density at radius 2 is 2.15 bits per heavy atom. The van der Waals surface area contributed by atoms with Gasteiger partial charge in [-0.05, 0) is 68.8 Å². The summed E-state index contributed by atoms with van der Waals surface area (Å²) in [7, 11) is 0. The molecule has 0 saturated carbocycles. The number of halogens is 1. The molecule has 1 fully saturated rings. The fourth-order valence-corrected chi connectivity index (χ4v) is 2.87. The highest BCUT2D eigenvalue weighted by atomic mass is 19.1. The van der Waals surface area contributed by atoms with E-state index in [0.717, 1.165) is 32.5 Å². The maximum atomic E-state index is 13.0. The molecule has 3 heteroatoms. The Hall–Kier alpha value is -0.930. The van der Waals surface area contributed by atoms with Crippen molar-refractivity contribution < 1.29 is 9.13 Å². The van der Waals surface area contributed by atoms with Crippen LogP contribution in [0.2, 0.25) is 0 Å². The topological polar surface area (TPSA) is 21.3 Å². The largest absolute Gasteiger partial charge is 0.378 e. The Balaban J connectivity index is 1.83. The van der Waals surface area contributed by atoms with Crippen LogP contribution in [0.4, 0.5) is 4.39 Å². The average Bonchev–Trinajstić information content (AvgIpc) is 2.97. The summed E-state index contributed by atoms with van der Waals surface area (Å²) in [5.41, 5.74) is 1.22. The number of rotatable bonds is 8. The van der Waals surface area contributed by atoms with Gasteiger partial charge in [0, 0.05) is 6.61 Å². The molecule has 112 valence electrons. The third-order valence-corrected chi connectivity index (χ3v) is 4.04. The molecule has 2 nitrogen and oxygen atoms in total. The molecule has 20 heavy (non-hydrogen) atoms. The molecule has 2 atom stereocenters. The van der Waals surface area contributed by atoms with E-state index in [9.17, 15) is 4.39 Å². The van der Waals surface area contributed by atoms with Crippen LogP contribution in [-0.4, -0.2) is 25.8 Å². The van der Waals surface area contributed by atoms with Crippen molar-refractivity contribution >= 4 is 0 Å². The van der Waals surface area contributed by atoms with Gasteiger partial charge < -0.3 is 10.1 Å². The van der Waals surface area contributed by atoms with Crippen LogP contribution >= 0.6 is 0 Å². The highest BCUT2D eigenvalue weighted by molar-refractivity contribution is 5.16. The summed E-state index contributed by atoms with van der Waals surface area (Å²) in [6.45, 7) is 5.09. The highest BCUT2D eigenvalue weighted by Gasteiger charge is 2.18. The maximum Gasteiger partial charge on any atom is 0.123 e. The predicted molar refractivity (Wildman–Crippen MR) is 80.3 cm³/mol. The quantitative estimate of drug-likeness (QED) is 0.785. The highest BCUT2D eigenvalue weighted by Crippen LogP contribution is 2.21. The van der Waals surface area contributed by atoms with E-state index in [2.05, 4.69) is 12.2 Å². The molecule has 0 spiro atoms. The molecule has 1 heterocycles. The lowest BCUT2D eigenvalue weighted by molar-refractivity contribution is 0.0979. The molecule has 0 radical (unpaired) electrons. The van der Waals surface area contributed by atoms with Gasteiger partial charge in [-0.2, -0.15) is 0 Å². The maximum absolute atomic E-state index is 13.0. The fraction of sp³-hybridized carbons (Fsp3) is 0.647. The first-order valence-electron chi connectivity index (χ1n) is 7.84. The Labute approximate surface area is 121 Å². The van der Waals surface area contributed by atoms with Gasteiger partial charge in [0.05, 0.1) is 6.10 Å².